The van der Waals surface area contributed by atoms with Crippen molar-refractivity contribution in [3.8, 4) is 12.3 Å². The Balaban J connectivity index is 2.32. The standard InChI is InChI=1S/C13H23N/c1-5-10-14(12-7-6-8-12)11-9-13(2,3)4/h1,12H,6-11H2,2-4H3. The van der Waals surface area contributed by atoms with Gasteiger partial charge >= 0.3 is 0 Å². The van der Waals surface area contributed by atoms with Crippen molar-refractivity contribution in [3.05, 3.63) is 0 Å². The average molecular weight is 193 g/mol. The van der Waals surface area contributed by atoms with Crippen LogP contribution in [0.25, 0.3) is 0 Å². The molecule has 1 heteroatoms. The highest BCUT2D eigenvalue weighted by atomic mass is 15.2. The molecule has 0 saturated heterocycles. The monoisotopic (exact) mass is 193 g/mol. The van der Waals surface area contributed by atoms with Gasteiger partial charge in [-0.15, -0.1) is 6.42 Å². The minimum Gasteiger partial charge on any atom is -0.289 e. The van der Waals surface area contributed by atoms with Crippen molar-refractivity contribution in [3.63, 3.8) is 0 Å². The molecule has 0 N–H and O–H groups in total. The fourth-order valence-corrected chi connectivity index (χ4v) is 1.74. The summed E-state index contributed by atoms with van der Waals surface area (Å²) in [5, 5.41) is 0. The molecule has 0 spiro atoms. The van der Waals surface area contributed by atoms with Crippen LogP contribution >= 0.6 is 0 Å². The van der Waals surface area contributed by atoms with Gasteiger partial charge in [0.1, 0.15) is 0 Å². The molecular weight excluding hydrogens is 170 g/mol. The lowest BCUT2D eigenvalue weighted by molar-refractivity contribution is 0.127. The summed E-state index contributed by atoms with van der Waals surface area (Å²) < 4.78 is 0. The predicted octanol–water partition coefficient (Wildman–Crippen LogP) is 2.91. The molecule has 0 aromatic carbocycles. The molecule has 80 valence electrons. The van der Waals surface area contributed by atoms with Crippen molar-refractivity contribution in [1.82, 2.24) is 4.90 Å². The van der Waals surface area contributed by atoms with Gasteiger partial charge in [-0.05, 0) is 31.2 Å². The van der Waals surface area contributed by atoms with E-state index in [4.69, 9.17) is 6.42 Å². The van der Waals surface area contributed by atoms with Crippen LogP contribution in [0.1, 0.15) is 46.5 Å². The van der Waals surface area contributed by atoms with Gasteiger partial charge in [-0.3, -0.25) is 4.90 Å². The van der Waals surface area contributed by atoms with Crippen molar-refractivity contribution in [2.24, 2.45) is 5.41 Å². The van der Waals surface area contributed by atoms with Crippen LogP contribution in [-0.2, 0) is 0 Å². The van der Waals surface area contributed by atoms with E-state index >= 15 is 0 Å². The molecule has 0 heterocycles. The zero-order valence-electron chi connectivity index (χ0n) is 9.84. The van der Waals surface area contributed by atoms with Gasteiger partial charge in [0.2, 0.25) is 0 Å². The van der Waals surface area contributed by atoms with E-state index < -0.39 is 0 Å². The first-order valence-corrected chi connectivity index (χ1v) is 5.70. The van der Waals surface area contributed by atoms with E-state index in [1.54, 1.807) is 0 Å². The first-order valence-electron chi connectivity index (χ1n) is 5.70. The molecule has 0 aromatic rings. The fourth-order valence-electron chi connectivity index (χ4n) is 1.74. The minimum absolute atomic E-state index is 0.427. The zero-order chi connectivity index (χ0) is 10.6. The largest absolute Gasteiger partial charge is 0.289 e. The van der Waals surface area contributed by atoms with Crippen LogP contribution in [0.5, 0.6) is 0 Å². The summed E-state index contributed by atoms with van der Waals surface area (Å²) in [6.07, 6.45) is 10.7. The quantitative estimate of drug-likeness (QED) is 0.621. The molecular formula is C13H23N. The molecule has 0 bridgehead atoms. The van der Waals surface area contributed by atoms with Crippen LogP contribution in [-0.4, -0.2) is 24.0 Å². The summed E-state index contributed by atoms with van der Waals surface area (Å²) >= 11 is 0. The van der Waals surface area contributed by atoms with Gasteiger partial charge in [-0.25, -0.2) is 0 Å². The highest BCUT2D eigenvalue weighted by Crippen LogP contribution is 2.26. The third-order valence-corrected chi connectivity index (χ3v) is 3.03. The number of terminal acetylenes is 1. The van der Waals surface area contributed by atoms with Crippen LogP contribution in [0.2, 0.25) is 0 Å². The van der Waals surface area contributed by atoms with Gasteiger partial charge in [-0.1, -0.05) is 33.1 Å². The smallest absolute Gasteiger partial charge is 0.0601 e. The maximum absolute atomic E-state index is 5.39. The van der Waals surface area contributed by atoms with Crippen molar-refractivity contribution < 1.29 is 0 Å². The Morgan fingerprint density at radius 2 is 2.00 bits per heavy atom. The summed E-state index contributed by atoms with van der Waals surface area (Å²) in [5.74, 6) is 2.78. The maximum atomic E-state index is 5.39. The Kier molecular flexibility index (Phi) is 4.01. The Morgan fingerprint density at radius 1 is 1.36 bits per heavy atom. The van der Waals surface area contributed by atoms with Crippen LogP contribution in [0.3, 0.4) is 0 Å². The van der Waals surface area contributed by atoms with Crippen LogP contribution in [0, 0.1) is 17.8 Å². The molecule has 1 rings (SSSR count). The fraction of sp³-hybridized carbons (Fsp3) is 0.846. The third-order valence-electron chi connectivity index (χ3n) is 3.03. The summed E-state index contributed by atoms with van der Waals surface area (Å²) in [6, 6.07) is 0.786. The highest BCUT2D eigenvalue weighted by molar-refractivity contribution is 4.92. The van der Waals surface area contributed by atoms with Gasteiger partial charge in [-0.2, -0.15) is 0 Å². The number of nitrogens with zero attached hydrogens (tertiary/aromatic N) is 1. The van der Waals surface area contributed by atoms with Crippen molar-refractivity contribution in [1.29, 1.82) is 0 Å². The van der Waals surface area contributed by atoms with Crippen LogP contribution in [0.15, 0.2) is 0 Å². The molecule has 0 aliphatic heterocycles. The van der Waals surface area contributed by atoms with Gasteiger partial charge in [0.15, 0.2) is 0 Å². The second-order valence-corrected chi connectivity index (χ2v) is 5.57. The second-order valence-electron chi connectivity index (χ2n) is 5.57. The summed E-state index contributed by atoms with van der Waals surface area (Å²) in [6.45, 7) is 8.88. The Labute approximate surface area is 88.9 Å². The molecule has 1 aliphatic rings. The van der Waals surface area contributed by atoms with E-state index in [2.05, 4.69) is 31.6 Å². The van der Waals surface area contributed by atoms with E-state index in [1.165, 1.54) is 32.2 Å². The van der Waals surface area contributed by atoms with E-state index in [1.807, 2.05) is 0 Å². The molecule has 0 amide bonds. The van der Waals surface area contributed by atoms with E-state index in [9.17, 15) is 0 Å². The first-order chi connectivity index (χ1) is 6.53. The van der Waals surface area contributed by atoms with Gasteiger partial charge < -0.3 is 0 Å². The molecule has 0 aromatic heterocycles. The zero-order valence-corrected chi connectivity index (χ0v) is 9.84. The lowest BCUT2D eigenvalue weighted by Gasteiger charge is -2.37. The van der Waals surface area contributed by atoms with Crippen molar-refractivity contribution in [2.75, 3.05) is 13.1 Å². The van der Waals surface area contributed by atoms with Crippen molar-refractivity contribution >= 4 is 0 Å². The lowest BCUT2D eigenvalue weighted by atomic mass is 9.88. The van der Waals surface area contributed by atoms with E-state index in [0.717, 1.165) is 12.6 Å². The molecule has 0 radical (unpaired) electrons. The van der Waals surface area contributed by atoms with Gasteiger partial charge in [0, 0.05) is 6.04 Å². The minimum atomic E-state index is 0.427. The topological polar surface area (TPSA) is 3.24 Å². The number of hydrogen-bond acceptors (Lipinski definition) is 1. The van der Waals surface area contributed by atoms with Gasteiger partial charge in [0.05, 0.1) is 6.54 Å². The van der Waals surface area contributed by atoms with E-state index in [-0.39, 0.29) is 0 Å². The van der Waals surface area contributed by atoms with Crippen molar-refractivity contribution in [2.45, 2.75) is 52.5 Å². The van der Waals surface area contributed by atoms with Crippen LogP contribution in [0.4, 0.5) is 0 Å². The molecule has 1 fully saturated rings. The highest BCUT2D eigenvalue weighted by Gasteiger charge is 2.25. The second kappa shape index (κ2) is 4.84. The third kappa shape index (κ3) is 3.72. The Morgan fingerprint density at radius 3 is 2.36 bits per heavy atom. The Hall–Kier alpha value is -0.480. The molecule has 0 unspecified atom stereocenters. The SMILES string of the molecule is C#CCN(CCC(C)(C)C)C1CCC1. The molecule has 0 atom stereocenters. The normalized spacial score (nSPS) is 17.9. The number of rotatable bonds is 4. The predicted molar refractivity (Wildman–Crippen MR) is 62.1 cm³/mol. The van der Waals surface area contributed by atoms with Gasteiger partial charge in [0.25, 0.3) is 0 Å². The van der Waals surface area contributed by atoms with E-state index in [0.29, 0.717) is 5.41 Å². The maximum Gasteiger partial charge on any atom is 0.0601 e. The first kappa shape index (κ1) is 11.6. The Bertz CT molecular complexity index is 202. The molecule has 1 aliphatic carbocycles. The number of hydrogen-bond donors (Lipinski definition) is 0. The van der Waals surface area contributed by atoms with Crippen LogP contribution < -0.4 is 0 Å². The summed E-state index contributed by atoms with van der Waals surface area (Å²) in [7, 11) is 0. The molecule has 1 saturated carbocycles. The average Bonchev–Trinajstić information content (AvgIpc) is 1.95. The summed E-state index contributed by atoms with van der Waals surface area (Å²) in [4.78, 5) is 2.48. The molecule has 1 nitrogen and oxygen atoms in total. The lowest BCUT2D eigenvalue weighted by Crippen LogP contribution is -2.41. The summed E-state index contributed by atoms with van der Waals surface area (Å²) in [5.41, 5.74) is 0.427. The molecule has 14 heavy (non-hydrogen) atoms.